The Bertz CT molecular complexity index is 677. The number of rotatable bonds is 5. The first kappa shape index (κ1) is 15.8. The first-order valence-electron chi connectivity index (χ1n) is 7.80. The predicted octanol–water partition coefficient (Wildman–Crippen LogP) is 2.96. The Morgan fingerprint density at radius 2 is 2.22 bits per heavy atom. The molecule has 7 heteroatoms. The van der Waals surface area contributed by atoms with Crippen LogP contribution in [0.15, 0.2) is 24.7 Å². The van der Waals surface area contributed by atoms with E-state index in [-0.39, 0.29) is 0 Å². The van der Waals surface area contributed by atoms with Crippen LogP contribution < -0.4 is 15.5 Å². The van der Waals surface area contributed by atoms with E-state index in [0.29, 0.717) is 11.1 Å². The Kier molecular flexibility index (Phi) is 4.81. The van der Waals surface area contributed by atoms with Crippen molar-refractivity contribution < 1.29 is 0 Å². The number of nitrogens with zero attached hydrogens (tertiary/aromatic N) is 4. The molecule has 122 valence electrons. The Labute approximate surface area is 141 Å². The van der Waals surface area contributed by atoms with E-state index in [1.807, 2.05) is 26.1 Å². The van der Waals surface area contributed by atoms with Crippen molar-refractivity contribution in [2.45, 2.75) is 25.8 Å². The molecule has 3 heterocycles. The molecule has 1 unspecified atom stereocenters. The first-order valence-corrected chi connectivity index (χ1v) is 8.18. The van der Waals surface area contributed by atoms with Crippen LogP contribution >= 0.6 is 11.6 Å². The Hall–Kier alpha value is -2.08. The third-order valence-electron chi connectivity index (χ3n) is 4.17. The maximum Gasteiger partial charge on any atom is 0.145 e. The molecule has 23 heavy (non-hydrogen) atoms. The molecule has 0 spiro atoms. The zero-order valence-electron chi connectivity index (χ0n) is 13.4. The van der Waals surface area contributed by atoms with Crippen LogP contribution in [0.5, 0.6) is 0 Å². The van der Waals surface area contributed by atoms with Gasteiger partial charge < -0.3 is 15.5 Å². The summed E-state index contributed by atoms with van der Waals surface area (Å²) in [5, 5.41) is 7.13. The van der Waals surface area contributed by atoms with E-state index in [0.717, 1.165) is 48.9 Å². The summed E-state index contributed by atoms with van der Waals surface area (Å²) in [6, 6.07) is 4.26. The van der Waals surface area contributed by atoms with Crippen molar-refractivity contribution in [1.29, 1.82) is 0 Å². The van der Waals surface area contributed by atoms with Crippen molar-refractivity contribution in [3.8, 4) is 0 Å². The molecule has 1 atom stereocenters. The molecule has 0 radical (unpaired) electrons. The number of hydrogen-bond acceptors (Lipinski definition) is 6. The summed E-state index contributed by atoms with van der Waals surface area (Å²) >= 11 is 6.30. The van der Waals surface area contributed by atoms with Crippen LogP contribution in [0, 0.1) is 6.92 Å². The summed E-state index contributed by atoms with van der Waals surface area (Å²) in [5.74, 6) is 2.53. The van der Waals surface area contributed by atoms with E-state index in [4.69, 9.17) is 11.6 Å². The lowest BCUT2D eigenvalue weighted by atomic mass is 10.2. The molecule has 6 nitrogen and oxygen atoms in total. The maximum absolute atomic E-state index is 6.30. The van der Waals surface area contributed by atoms with E-state index in [1.165, 1.54) is 0 Å². The average molecular weight is 333 g/mol. The molecular formula is C16H21ClN6. The van der Waals surface area contributed by atoms with Gasteiger partial charge in [0.2, 0.25) is 0 Å². The Balaban J connectivity index is 1.70. The van der Waals surface area contributed by atoms with Crippen LogP contribution in [-0.4, -0.2) is 41.1 Å². The predicted molar refractivity (Wildman–Crippen MR) is 94.4 cm³/mol. The van der Waals surface area contributed by atoms with Gasteiger partial charge in [-0.15, -0.1) is 0 Å². The highest BCUT2D eigenvalue weighted by atomic mass is 35.5. The normalized spacial score (nSPS) is 17.3. The number of halogens is 1. The van der Waals surface area contributed by atoms with Crippen molar-refractivity contribution in [2.24, 2.45) is 0 Å². The van der Waals surface area contributed by atoms with Gasteiger partial charge in [0.05, 0.1) is 5.02 Å². The summed E-state index contributed by atoms with van der Waals surface area (Å²) in [6.45, 7) is 3.77. The molecule has 1 fully saturated rings. The number of pyridine rings is 1. The fourth-order valence-electron chi connectivity index (χ4n) is 2.87. The van der Waals surface area contributed by atoms with E-state index in [2.05, 4.69) is 30.5 Å². The fourth-order valence-corrected chi connectivity index (χ4v) is 3.05. The molecule has 0 aromatic carbocycles. The van der Waals surface area contributed by atoms with Crippen LogP contribution in [0.3, 0.4) is 0 Å². The van der Waals surface area contributed by atoms with Gasteiger partial charge in [-0.05, 0) is 31.4 Å². The molecule has 1 aliphatic heterocycles. The van der Waals surface area contributed by atoms with Crippen LogP contribution in [0.4, 0.5) is 17.5 Å². The second-order valence-electron chi connectivity index (χ2n) is 5.67. The van der Waals surface area contributed by atoms with Crippen LogP contribution in [0.25, 0.3) is 0 Å². The van der Waals surface area contributed by atoms with Crippen LogP contribution in [0.2, 0.25) is 5.02 Å². The molecule has 0 bridgehead atoms. The monoisotopic (exact) mass is 332 g/mol. The topological polar surface area (TPSA) is 66.0 Å². The summed E-state index contributed by atoms with van der Waals surface area (Å²) in [6.07, 6.45) is 5.65. The van der Waals surface area contributed by atoms with Gasteiger partial charge in [0, 0.05) is 38.4 Å². The van der Waals surface area contributed by atoms with Gasteiger partial charge in [-0.2, -0.15) is 0 Å². The van der Waals surface area contributed by atoms with Gasteiger partial charge >= 0.3 is 0 Å². The van der Waals surface area contributed by atoms with Crippen molar-refractivity contribution in [2.75, 3.05) is 35.7 Å². The lowest BCUT2D eigenvalue weighted by Gasteiger charge is -2.26. The van der Waals surface area contributed by atoms with Gasteiger partial charge in [0.25, 0.3) is 0 Å². The molecule has 0 aliphatic carbocycles. The quantitative estimate of drug-likeness (QED) is 0.877. The molecule has 2 aromatic rings. The molecule has 1 aliphatic rings. The third-order valence-corrected chi connectivity index (χ3v) is 4.64. The van der Waals surface area contributed by atoms with Gasteiger partial charge in [-0.1, -0.05) is 11.6 Å². The minimum atomic E-state index is 0.369. The first-order chi connectivity index (χ1) is 11.2. The number of aromatic nitrogens is 3. The lowest BCUT2D eigenvalue weighted by Crippen LogP contribution is -2.35. The minimum Gasteiger partial charge on any atom is -0.373 e. The number of aryl methyl sites for hydroxylation is 1. The highest BCUT2D eigenvalue weighted by molar-refractivity contribution is 6.33. The van der Waals surface area contributed by atoms with Gasteiger partial charge in [-0.3, -0.25) is 0 Å². The Morgan fingerprint density at radius 3 is 3.04 bits per heavy atom. The smallest absolute Gasteiger partial charge is 0.145 e. The van der Waals surface area contributed by atoms with Crippen molar-refractivity contribution >= 4 is 29.1 Å². The molecule has 3 rings (SSSR count). The van der Waals surface area contributed by atoms with E-state index < -0.39 is 0 Å². The van der Waals surface area contributed by atoms with E-state index in [1.54, 1.807) is 12.5 Å². The molecule has 0 saturated carbocycles. The summed E-state index contributed by atoms with van der Waals surface area (Å²) in [5.41, 5.74) is 1.03. The lowest BCUT2D eigenvalue weighted by molar-refractivity contribution is 0.689. The highest BCUT2D eigenvalue weighted by Crippen LogP contribution is 2.27. The van der Waals surface area contributed by atoms with E-state index in [9.17, 15) is 0 Å². The summed E-state index contributed by atoms with van der Waals surface area (Å²) in [7, 11) is 1.86. The number of nitrogens with one attached hydrogen (secondary N) is 2. The highest BCUT2D eigenvalue weighted by Gasteiger charge is 2.26. The third kappa shape index (κ3) is 3.47. The van der Waals surface area contributed by atoms with Gasteiger partial charge in [-0.25, -0.2) is 15.0 Å². The fraction of sp³-hybridized carbons (Fsp3) is 0.438. The molecule has 0 amide bonds. The zero-order valence-corrected chi connectivity index (χ0v) is 14.1. The molecule has 2 N–H and O–H groups in total. The van der Waals surface area contributed by atoms with Gasteiger partial charge in [0.1, 0.15) is 23.8 Å². The standard InChI is InChI=1S/C16H21ClN6/c1-11-5-6-19-16(15(11)17)20-9-12-4-3-7-23(12)14-8-13(18-2)21-10-22-14/h5-6,8,10,12H,3-4,7,9H2,1-2H3,(H,19,20)(H,18,21,22). The SMILES string of the molecule is CNc1cc(N2CCCC2CNc2nccc(C)c2Cl)ncn1. The summed E-state index contributed by atoms with van der Waals surface area (Å²) < 4.78 is 0. The van der Waals surface area contributed by atoms with Crippen molar-refractivity contribution in [1.82, 2.24) is 15.0 Å². The van der Waals surface area contributed by atoms with Gasteiger partial charge in [0.15, 0.2) is 0 Å². The second kappa shape index (κ2) is 7.00. The molecular weight excluding hydrogens is 312 g/mol. The van der Waals surface area contributed by atoms with E-state index >= 15 is 0 Å². The number of anilines is 3. The minimum absolute atomic E-state index is 0.369. The Morgan fingerprint density at radius 1 is 1.35 bits per heavy atom. The largest absolute Gasteiger partial charge is 0.373 e. The second-order valence-corrected chi connectivity index (χ2v) is 6.05. The zero-order chi connectivity index (χ0) is 16.2. The van der Waals surface area contributed by atoms with Crippen molar-refractivity contribution in [3.05, 3.63) is 35.2 Å². The maximum atomic E-state index is 6.30. The molecule has 1 saturated heterocycles. The summed E-state index contributed by atoms with van der Waals surface area (Å²) in [4.78, 5) is 15.2. The van der Waals surface area contributed by atoms with Crippen LogP contribution in [-0.2, 0) is 0 Å². The van der Waals surface area contributed by atoms with Crippen LogP contribution in [0.1, 0.15) is 18.4 Å². The van der Waals surface area contributed by atoms with Crippen molar-refractivity contribution in [3.63, 3.8) is 0 Å². The molecule has 2 aromatic heterocycles. The average Bonchev–Trinajstić information content (AvgIpc) is 3.05. The number of hydrogen-bond donors (Lipinski definition) is 2.